The maximum Gasteiger partial charge on any atom is 0.306 e. The van der Waals surface area contributed by atoms with Gasteiger partial charge in [-0.25, -0.2) is 0 Å². The van der Waals surface area contributed by atoms with E-state index in [1.807, 2.05) is 43.3 Å². The average Bonchev–Trinajstić information content (AvgIpc) is 2.62. The average molecular weight is 341 g/mol. The van der Waals surface area contributed by atoms with E-state index < -0.39 is 12.1 Å². The van der Waals surface area contributed by atoms with Gasteiger partial charge in [-0.2, -0.15) is 0 Å². The van der Waals surface area contributed by atoms with Gasteiger partial charge in [-0.1, -0.05) is 42.5 Å². The van der Waals surface area contributed by atoms with Crippen LogP contribution >= 0.6 is 0 Å². The van der Waals surface area contributed by atoms with Crippen molar-refractivity contribution in [2.45, 2.75) is 32.8 Å². The second kappa shape index (κ2) is 9.47. The Balaban J connectivity index is 1.84. The largest absolute Gasteiger partial charge is 0.492 e. The first kappa shape index (κ1) is 18.5. The van der Waals surface area contributed by atoms with E-state index in [0.717, 1.165) is 5.56 Å². The maximum absolute atomic E-state index is 12.2. The highest BCUT2D eigenvalue weighted by molar-refractivity contribution is 5.96. The van der Waals surface area contributed by atoms with Crippen LogP contribution in [0.2, 0.25) is 0 Å². The van der Waals surface area contributed by atoms with Gasteiger partial charge in [0, 0.05) is 6.42 Å². The van der Waals surface area contributed by atoms with E-state index in [4.69, 9.17) is 9.47 Å². The molecule has 0 aliphatic carbocycles. The van der Waals surface area contributed by atoms with Crippen LogP contribution < -0.4 is 10.1 Å². The SMILES string of the molecule is CCOc1ccccc1NC(=O)C(C)OC(=O)CCc1ccccc1. The highest BCUT2D eigenvalue weighted by Crippen LogP contribution is 2.23. The van der Waals surface area contributed by atoms with Gasteiger partial charge >= 0.3 is 5.97 Å². The van der Waals surface area contributed by atoms with Gasteiger partial charge in [-0.3, -0.25) is 9.59 Å². The number of hydrogen-bond donors (Lipinski definition) is 1. The Kier molecular flexibility index (Phi) is 7.01. The number of esters is 1. The first-order chi connectivity index (χ1) is 12.1. The number of para-hydroxylation sites is 2. The van der Waals surface area contributed by atoms with Crippen LogP contribution in [0.4, 0.5) is 5.69 Å². The van der Waals surface area contributed by atoms with Crippen LogP contribution in [-0.2, 0) is 20.7 Å². The lowest BCUT2D eigenvalue weighted by Crippen LogP contribution is -2.30. The van der Waals surface area contributed by atoms with E-state index in [-0.39, 0.29) is 12.3 Å². The van der Waals surface area contributed by atoms with E-state index >= 15 is 0 Å². The van der Waals surface area contributed by atoms with Crippen LogP contribution in [0.5, 0.6) is 5.75 Å². The Morgan fingerprint density at radius 1 is 1.04 bits per heavy atom. The zero-order chi connectivity index (χ0) is 18.1. The molecular formula is C20H23NO4. The summed E-state index contributed by atoms with van der Waals surface area (Å²) in [5.41, 5.74) is 1.61. The Morgan fingerprint density at radius 3 is 2.44 bits per heavy atom. The van der Waals surface area contributed by atoms with Crippen molar-refractivity contribution >= 4 is 17.6 Å². The summed E-state index contributed by atoms with van der Waals surface area (Å²) in [6, 6.07) is 16.8. The molecule has 1 atom stereocenters. The third kappa shape index (κ3) is 5.95. The van der Waals surface area contributed by atoms with Crippen LogP contribution in [-0.4, -0.2) is 24.6 Å². The second-order valence-electron chi connectivity index (χ2n) is 5.54. The minimum atomic E-state index is -0.877. The molecule has 5 heteroatoms. The van der Waals surface area contributed by atoms with Crippen molar-refractivity contribution in [2.75, 3.05) is 11.9 Å². The summed E-state index contributed by atoms with van der Waals surface area (Å²) < 4.78 is 10.7. The monoisotopic (exact) mass is 341 g/mol. The molecule has 132 valence electrons. The Labute approximate surface area is 148 Å². The van der Waals surface area contributed by atoms with E-state index in [0.29, 0.717) is 24.5 Å². The number of amides is 1. The smallest absolute Gasteiger partial charge is 0.306 e. The molecule has 1 N–H and O–H groups in total. The molecule has 2 aromatic rings. The van der Waals surface area contributed by atoms with Crippen molar-refractivity contribution in [3.63, 3.8) is 0 Å². The number of carbonyl (C=O) groups excluding carboxylic acids is 2. The summed E-state index contributed by atoms with van der Waals surface area (Å²) in [5, 5.41) is 2.73. The molecule has 0 aliphatic heterocycles. The highest BCUT2D eigenvalue weighted by atomic mass is 16.5. The van der Waals surface area contributed by atoms with Crippen LogP contribution in [0.25, 0.3) is 0 Å². The molecule has 0 radical (unpaired) electrons. The van der Waals surface area contributed by atoms with Crippen molar-refractivity contribution < 1.29 is 19.1 Å². The summed E-state index contributed by atoms with van der Waals surface area (Å²) in [5.74, 6) is -0.203. The van der Waals surface area contributed by atoms with Crippen LogP contribution in [0.15, 0.2) is 54.6 Å². The molecule has 0 bridgehead atoms. The van der Waals surface area contributed by atoms with Gasteiger partial charge in [0.25, 0.3) is 5.91 Å². The number of anilines is 1. The zero-order valence-electron chi connectivity index (χ0n) is 14.5. The molecule has 25 heavy (non-hydrogen) atoms. The fraction of sp³-hybridized carbons (Fsp3) is 0.300. The fourth-order valence-corrected chi connectivity index (χ4v) is 2.29. The predicted molar refractivity (Wildman–Crippen MR) is 96.6 cm³/mol. The van der Waals surface area contributed by atoms with Gasteiger partial charge in [0.2, 0.25) is 0 Å². The highest BCUT2D eigenvalue weighted by Gasteiger charge is 2.19. The van der Waals surface area contributed by atoms with Gasteiger partial charge in [0.1, 0.15) is 5.75 Å². The molecule has 0 saturated carbocycles. The minimum Gasteiger partial charge on any atom is -0.492 e. The molecule has 0 aromatic heterocycles. The lowest BCUT2D eigenvalue weighted by Gasteiger charge is -2.15. The summed E-state index contributed by atoms with van der Waals surface area (Å²) in [7, 11) is 0. The maximum atomic E-state index is 12.2. The molecule has 2 aromatic carbocycles. The number of carbonyl (C=O) groups is 2. The summed E-state index contributed by atoms with van der Waals surface area (Å²) in [6.45, 7) is 3.92. The van der Waals surface area contributed by atoms with Gasteiger partial charge in [0.05, 0.1) is 12.3 Å². The number of aryl methyl sites for hydroxylation is 1. The molecule has 0 spiro atoms. The molecule has 0 saturated heterocycles. The van der Waals surface area contributed by atoms with Crippen molar-refractivity contribution in [1.82, 2.24) is 0 Å². The number of nitrogens with one attached hydrogen (secondary N) is 1. The number of rotatable bonds is 8. The normalized spacial score (nSPS) is 11.4. The Bertz CT molecular complexity index is 700. The molecular weight excluding hydrogens is 318 g/mol. The lowest BCUT2D eigenvalue weighted by atomic mass is 10.1. The van der Waals surface area contributed by atoms with Crippen molar-refractivity contribution in [3.05, 3.63) is 60.2 Å². The molecule has 1 unspecified atom stereocenters. The number of ether oxygens (including phenoxy) is 2. The van der Waals surface area contributed by atoms with E-state index in [1.165, 1.54) is 0 Å². The standard InChI is InChI=1S/C20H23NO4/c1-3-24-18-12-8-7-11-17(18)21-20(23)15(2)25-19(22)14-13-16-9-5-4-6-10-16/h4-12,15H,3,13-14H2,1-2H3,(H,21,23). The Hall–Kier alpha value is -2.82. The molecule has 0 heterocycles. The van der Waals surface area contributed by atoms with Gasteiger partial charge in [0.15, 0.2) is 6.10 Å². The third-order valence-corrected chi connectivity index (χ3v) is 3.58. The van der Waals surface area contributed by atoms with Crippen LogP contribution in [0.1, 0.15) is 25.8 Å². The second-order valence-corrected chi connectivity index (χ2v) is 5.54. The third-order valence-electron chi connectivity index (χ3n) is 3.58. The quantitative estimate of drug-likeness (QED) is 0.745. The van der Waals surface area contributed by atoms with Crippen LogP contribution in [0.3, 0.4) is 0 Å². The van der Waals surface area contributed by atoms with Crippen molar-refractivity contribution in [1.29, 1.82) is 0 Å². The first-order valence-corrected chi connectivity index (χ1v) is 8.36. The zero-order valence-corrected chi connectivity index (χ0v) is 14.5. The number of hydrogen-bond acceptors (Lipinski definition) is 4. The van der Waals surface area contributed by atoms with Crippen LogP contribution in [0, 0.1) is 0 Å². The van der Waals surface area contributed by atoms with Gasteiger partial charge < -0.3 is 14.8 Å². The van der Waals surface area contributed by atoms with Gasteiger partial charge in [-0.15, -0.1) is 0 Å². The Morgan fingerprint density at radius 2 is 1.72 bits per heavy atom. The first-order valence-electron chi connectivity index (χ1n) is 8.36. The van der Waals surface area contributed by atoms with E-state index in [9.17, 15) is 9.59 Å². The molecule has 0 aliphatic rings. The summed E-state index contributed by atoms with van der Waals surface area (Å²) in [6.07, 6.45) is -0.0591. The topological polar surface area (TPSA) is 64.6 Å². The fourth-order valence-electron chi connectivity index (χ4n) is 2.29. The number of benzene rings is 2. The van der Waals surface area contributed by atoms with Crippen molar-refractivity contribution in [2.24, 2.45) is 0 Å². The van der Waals surface area contributed by atoms with E-state index in [2.05, 4.69) is 5.32 Å². The van der Waals surface area contributed by atoms with Crippen molar-refractivity contribution in [3.8, 4) is 5.75 Å². The van der Waals surface area contributed by atoms with Gasteiger partial charge in [-0.05, 0) is 38.0 Å². The summed E-state index contributed by atoms with van der Waals surface area (Å²) in [4.78, 5) is 24.2. The summed E-state index contributed by atoms with van der Waals surface area (Å²) >= 11 is 0. The molecule has 0 fully saturated rings. The molecule has 1 amide bonds. The predicted octanol–water partition coefficient (Wildman–Crippen LogP) is 3.59. The van der Waals surface area contributed by atoms with E-state index in [1.54, 1.807) is 25.1 Å². The molecule has 5 nitrogen and oxygen atoms in total. The minimum absolute atomic E-state index is 0.233. The lowest BCUT2D eigenvalue weighted by molar-refractivity contribution is -0.153. The molecule has 2 rings (SSSR count).